The molecule has 21 heavy (non-hydrogen) atoms. The molecular formula is C14H12BrClN2O2S. The van der Waals surface area contributed by atoms with Crippen molar-refractivity contribution in [2.75, 3.05) is 6.61 Å². The highest BCUT2D eigenvalue weighted by Gasteiger charge is 2.06. The second kappa shape index (κ2) is 7.59. The zero-order valence-corrected chi connectivity index (χ0v) is 14.3. The third-order valence-electron chi connectivity index (χ3n) is 2.48. The van der Waals surface area contributed by atoms with Crippen LogP contribution < -0.4 is 10.2 Å². The summed E-state index contributed by atoms with van der Waals surface area (Å²) in [4.78, 5) is 12.7. The third-order valence-corrected chi connectivity index (χ3v) is 4.31. The second-order valence-electron chi connectivity index (χ2n) is 4.07. The van der Waals surface area contributed by atoms with Gasteiger partial charge in [-0.2, -0.15) is 5.10 Å². The van der Waals surface area contributed by atoms with Crippen LogP contribution in [0.5, 0.6) is 5.75 Å². The van der Waals surface area contributed by atoms with E-state index in [-0.39, 0.29) is 12.5 Å². The van der Waals surface area contributed by atoms with Gasteiger partial charge in [-0.15, -0.1) is 11.3 Å². The lowest BCUT2D eigenvalue weighted by molar-refractivity contribution is -0.123. The zero-order chi connectivity index (χ0) is 15.2. The van der Waals surface area contributed by atoms with Crippen molar-refractivity contribution in [1.29, 1.82) is 0 Å². The van der Waals surface area contributed by atoms with Gasteiger partial charge in [0, 0.05) is 9.90 Å². The number of thiophene rings is 1. The van der Waals surface area contributed by atoms with E-state index in [9.17, 15) is 4.79 Å². The molecular weight excluding hydrogens is 376 g/mol. The molecule has 0 unspecified atom stereocenters. The van der Waals surface area contributed by atoms with Gasteiger partial charge in [0.05, 0.1) is 10.2 Å². The second-order valence-corrected chi connectivity index (χ2v) is 6.31. The van der Waals surface area contributed by atoms with E-state index in [1.165, 1.54) is 0 Å². The first-order chi connectivity index (χ1) is 10.1. The standard InChI is InChI=1S/C14H12BrClN2O2S/c1-9(13-3-2-6-21-13)17-18-14(19)8-20-12-5-4-10(16)7-11(12)15/h2-7H,8H2,1H3,(H,18,19)/b17-9-. The largest absolute Gasteiger partial charge is 0.483 e. The molecule has 0 aliphatic carbocycles. The summed E-state index contributed by atoms with van der Waals surface area (Å²) in [6.07, 6.45) is 0. The lowest BCUT2D eigenvalue weighted by Crippen LogP contribution is -2.25. The van der Waals surface area contributed by atoms with Gasteiger partial charge in [-0.1, -0.05) is 17.7 Å². The van der Waals surface area contributed by atoms with Crippen LogP contribution in [0.25, 0.3) is 0 Å². The average Bonchev–Trinajstić information content (AvgIpc) is 2.98. The molecule has 1 amide bonds. The van der Waals surface area contributed by atoms with Crippen molar-refractivity contribution >= 4 is 50.5 Å². The number of amides is 1. The van der Waals surface area contributed by atoms with Gasteiger partial charge in [-0.3, -0.25) is 4.79 Å². The Morgan fingerprint density at radius 2 is 2.29 bits per heavy atom. The van der Waals surface area contributed by atoms with Gasteiger partial charge in [-0.25, -0.2) is 5.43 Å². The molecule has 7 heteroatoms. The van der Waals surface area contributed by atoms with Crippen molar-refractivity contribution in [3.63, 3.8) is 0 Å². The summed E-state index contributed by atoms with van der Waals surface area (Å²) >= 11 is 10.7. The van der Waals surface area contributed by atoms with Gasteiger partial charge in [0.2, 0.25) is 0 Å². The molecule has 1 aromatic carbocycles. The van der Waals surface area contributed by atoms with Gasteiger partial charge in [0.15, 0.2) is 6.61 Å². The van der Waals surface area contributed by atoms with E-state index in [2.05, 4.69) is 26.5 Å². The Balaban J connectivity index is 1.86. The Kier molecular flexibility index (Phi) is 5.78. The van der Waals surface area contributed by atoms with E-state index >= 15 is 0 Å². The molecule has 110 valence electrons. The number of benzene rings is 1. The predicted molar refractivity (Wildman–Crippen MR) is 89.3 cm³/mol. The average molecular weight is 388 g/mol. The third kappa shape index (κ3) is 4.84. The van der Waals surface area contributed by atoms with Crippen LogP contribution >= 0.6 is 38.9 Å². The summed E-state index contributed by atoms with van der Waals surface area (Å²) in [6, 6.07) is 8.96. The zero-order valence-electron chi connectivity index (χ0n) is 11.1. The molecule has 4 nitrogen and oxygen atoms in total. The first-order valence-corrected chi connectivity index (χ1v) is 8.06. The van der Waals surface area contributed by atoms with Crippen molar-refractivity contribution in [3.05, 3.63) is 50.1 Å². The SMILES string of the molecule is C/C(=N/NC(=O)COc1ccc(Cl)cc1Br)c1cccs1. The van der Waals surface area contributed by atoms with Crippen molar-refractivity contribution in [1.82, 2.24) is 5.43 Å². The highest BCUT2D eigenvalue weighted by atomic mass is 79.9. The minimum absolute atomic E-state index is 0.124. The van der Waals surface area contributed by atoms with E-state index in [0.29, 0.717) is 15.2 Å². The van der Waals surface area contributed by atoms with E-state index in [0.717, 1.165) is 10.6 Å². The first kappa shape index (κ1) is 16.0. The molecule has 0 saturated heterocycles. The van der Waals surface area contributed by atoms with Gasteiger partial charge in [0.1, 0.15) is 5.75 Å². The number of hydrogen-bond donors (Lipinski definition) is 1. The molecule has 0 aliphatic rings. The Hall–Kier alpha value is -1.37. The fraction of sp³-hybridized carbons (Fsp3) is 0.143. The van der Waals surface area contributed by atoms with Crippen LogP contribution in [0.4, 0.5) is 0 Å². The number of nitrogens with one attached hydrogen (secondary N) is 1. The number of hydrazone groups is 1. The Morgan fingerprint density at radius 3 is 2.95 bits per heavy atom. The molecule has 2 rings (SSSR count). The molecule has 0 saturated carbocycles. The van der Waals surface area contributed by atoms with E-state index in [1.807, 2.05) is 24.4 Å². The quantitative estimate of drug-likeness (QED) is 0.621. The Labute approximate surface area is 139 Å². The van der Waals surface area contributed by atoms with E-state index in [4.69, 9.17) is 16.3 Å². The smallest absolute Gasteiger partial charge is 0.277 e. The molecule has 0 aliphatic heterocycles. The lowest BCUT2D eigenvalue weighted by atomic mass is 10.3. The summed E-state index contributed by atoms with van der Waals surface area (Å²) in [7, 11) is 0. The van der Waals surface area contributed by atoms with Gasteiger partial charge < -0.3 is 4.74 Å². The molecule has 0 bridgehead atoms. The summed E-state index contributed by atoms with van der Waals surface area (Å²) in [6.45, 7) is 1.71. The van der Waals surface area contributed by atoms with Crippen molar-refractivity contribution in [2.45, 2.75) is 6.92 Å². The topological polar surface area (TPSA) is 50.7 Å². The maximum atomic E-state index is 11.7. The summed E-state index contributed by atoms with van der Waals surface area (Å²) in [5.41, 5.74) is 3.22. The molecule has 0 atom stereocenters. The maximum Gasteiger partial charge on any atom is 0.277 e. The van der Waals surface area contributed by atoms with Crippen LogP contribution in [0, 0.1) is 0 Å². The monoisotopic (exact) mass is 386 g/mol. The van der Waals surface area contributed by atoms with Gasteiger partial charge in [-0.05, 0) is 52.5 Å². The molecule has 2 aromatic rings. The van der Waals surface area contributed by atoms with Crippen LogP contribution in [0.3, 0.4) is 0 Å². The molecule has 0 spiro atoms. The van der Waals surface area contributed by atoms with Crippen LogP contribution in [0.1, 0.15) is 11.8 Å². The Bertz CT molecular complexity index is 659. The fourth-order valence-electron chi connectivity index (χ4n) is 1.45. The first-order valence-electron chi connectivity index (χ1n) is 6.01. The van der Waals surface area contributed by atoms with Gasteiger partial charge >= 0.3 is 0 Å². The van der Waals surface area contributed by atoms with Gasteiger partial charge in [0.25, 0.3) is 5.91 Å². The van der Waals surface area contributed by atoms with Crippen molar-refractivity contribution in [2.24, 2.45) is 5.10 Å². The fourth-order valence-corrected chi connectivity index (χ4v) is 2.93. The number of hydrogen-bond acceptors (Lipinski definition) is 4. The number of carbonyl (C=O) groups excluding carboxylic acids is 1. The van der Waals surface area contributed by atoms with Crippen LogP contribution in [0.2, 0.25) is 5.02 Å². The minimum Gasteiger partial charge on any atom is -0.483 e. The van der Waals surface area contributed by atoms with Crippen molar-refractivity contribution in [3.8, 4) is 5.75 Å². The normalized spacial score (nSPS) is 11.3. The Morgan fingerprint density at radius 1 is 1.48 bits per heavy atom. The number of rotatable bonds is 5. The number of nitrogens with zero attached hydrogens (tertiary/aromatic N) is 1. The highest BCUT2D eigenvalue weighted by molar-refractivity contribution is 9.10. The molecule has 0 fully saturated rings. The maximum absolute atomic E-state index is 11.7. The van der Waals surface area contributed by atoms with Crippen LogP contribution in [-0.2, 0) is 4.79 Å². The molecule has 1 aromatic heterocycles. The van der Waals surface area contributed by atoms with E-state index < -0.39 is 0 Å². The minimum atomic E-state index is -0.326. The summed E-state index contributed by atoms with van der Waals surface area (Å²) in [5, 5.41) is 6.58. The summed E-state index contributed by atoms with van der Waals surface area (Å²) < 4.78 is 6.09. The van der Waals surface area contributed by atoms with Crippen LogP contribution in [0.15, 0.2) is 45.3 Å². The molecule has 1 heterocycles. The molecule has 0 radical (unpaired) electrons. The summed E-state index contributed by atoms with van der Waals surface area (Å²) in [5.74, 6) is 0.223. The number of ether oxygens (including phenoxy) is 1. The molecule has 1 N–H and O–H groups in total. The van der Waals surface area contributed by atoms with Crippen LogP contribution in [-0.4, -0.2) is 18.2 Å². The number of carbonyl (C=O) groups is 1. The number of halogens is 2. The van der Waals surface area contributed by atoms with Crippen molar-refractivity contribution < 1.29 is 9.53 Å². The highest BCUT2D eigenvalue weighted by Crippen LogP contribution is 2.27. The predicted octanol–water partition coefficient (Wildman–Crippen LogP) is 4.08. The lowest BCUT2D eigenvalue weighted by Gasteiger charge is -2.07. The van der Waals surface area contributed by atoms with E-state index in [1.54, 1.807) is 29.5 Å².